The molecule has 18 heavy (non-hydrogen) atoms. The topological polar surface area (TPSA) is 74.0 Å². The fourth-order valence-electron chi connectivity index (χ4n) is 1.61. The molecule has 0 aliphatic rings. The summed E-state index contributed by atoms with van der Waals surface area (Å²) in [4.78, 5) is 16.3. The van der Waals surface area contributed by atoms with Gasteiger partial charge in [0, 0.05) is 12.5 Å². The zero-order chi connectivity index (χ0) is 13.3. The number of hydrogen-bond donors (Lipinski definition) is 1. The Balaban J connectivity index is 2.53. The minimum Gasteiger partial charge on any atom is -0.507 e. The lowest BCUT2D eigenvalue weighted by Gasteiger charge is -1.99. The molecule has 2 rings (SSSR count). The van der Waals surface area contributed by atoms with Gasteiger partial charge in [0.1, 0.15) is 16.8 Å². The van der Waals surface area contributed by atoms with Crippen LogP contribution in [0.1, 0.15) is 27.9 Å². The monoisotopic (exact) mass is 258 g/mol. The van der Waals surface area contributed by atoms with Crippen molar-refractivity contribution in [3.05, 3.63) is 34.3 Å². The summed E-state index contributed by atoms with van der Waals surface area (Å²) in [6.45, 7) is 3.28. The summed E-state index contributed by atoms with van der Waals surface area (Å²) >= 11 is 1.29. The Morgan fingerprint density at radius 2 is 2.22 bits per heavy atom. The quantitative estimate of drug-likeness (QED) is 0.840. The van der Waals surface area contributed by atoms with E-state index in [2.05, 4.69) is 4.98 Å². The number of Topliss-reactive ketones (excluding diaryl/α,β-unsaturated/α-hetero) is 1. The Morgan fingerprint density at radius 1 is 1.50 bits per heavy atom. The first-order valence-electron chi connectivity index (χ1n) is 5.24. The third kappa shape index (κ3) is 2.11. The number of carbonyl (C=O) groups is 1. The van der Waals surface area contributed by atoms with Crippen molar-refractivity contribution < 1.29 is 9.90 Å². The fraction of sp³-hybridized carbons (Fsp3) is 0.154. The number of phenols is 1. The highest BCUT2D eigenvalue weighted by Crippen LogP contribution is 2.30. The Labute approximate surface area is 108 Å². The first-order chi connectivity index (χ1) is 8.52. The molecular weight excluding hydrogens is 248 g/mol. The second-order valence-corrected chi connectivity index (χ2v) is 4.83. The van der Waals surface area contributed by atoms with Gasteiger partial charge in [0.15, 0.2) is 5.78 Å². The number of aromatic hydroxyl groups is 1. The van der Waals surface area contributed by atoms with Crippen LogP contribution in [0.3, 0.4) is 0 Å². The summed E-state index contributed by atoms with van der Waals surface area (Å²) in [6, 6.07) is 6.61. The Hall–Kier alpha value is -2.19. The van der Waals surface area contributed by atoms with Gasteiger partial charge in [-0.25, -0.2) is 4.98 Å². The predicted octanol–water partition coefficient (Wildman–Crippen LogP) is 2.90. The van der Waals surface area contributed by atoms with Gasteiger partial charge in [-0.3, -0.25) is 4.79 Å². The highest BCUT2D eigenvalue weighted by Gasteiger charge is 2.13. The molecule has 0 amide bonds. The summed E-state index contributed by atoms with van der Waals surface area (Å²) < 4.78 is 0. The molecule has 0 atom stereocenters. The third-order valence-corrected chi connectivity index (χ3v) is 3.79. The van der Waals surface area contributed by atoms with Crippen molar-refractivity contribution in [2.45, 2.75) is 13.8 Å². The summed E-state index contributed by atoms with van der Waals surface area (Å²) in [6.07, 6.45) is 0. The van der Waals surface area contributed by atoms with Crippen molar-refractivity contribution in [1.82, 2.24) is 4.98 Å². The van der Waals surface area contributed by atoms with Crippen LogP contribution in [0.2, 0.25) is 0 Å². The number of aryl methyl sites for hydroxylation is 1. The van der Waals surface area contributed by atoms with E-state index in [1.165, 1.54) is 24.3 Å². The van der Waals surface area contributed by atoms with Gasteiger partial charge in [0.2, 0.25) is 0 Å². The third-order valence-electron chi connectivity index (χ3n) is 2.48. The number of phenolic OH excluding ortho intramolecular Hbond substituents is 1. The molecule has 0 bridgehead atoms. The van der Waals surface area contributed by atoms with Gasteiger partial charge in [-0.2, -0.15) is 5.26 Å². The Kier molecular flexibility index (Phi) is 3.13. The van der Waals surface area contributed by atoms with E-state index < -0.39 is 0 Å². The second kappa shape index (κ2) is 4.59. The number of nitrogens with zero attached hydrogens (tertiary/aromatic N) is 2. The number of hydrogen-bond acceptors (Lipinski definition) is 5. The van der Waals surface area contributed by atoms with E-state index in [1.807, 2.05) is 6.07 Å². The maximum Gasteiger partial charge on any atom is 0.171 e. The molecule has 0 aliphatic heterocycles. The molecule has 1 aromatic heterocycles. The van der Waals surface area contributed by atoms with E-state index in [1.54, 1.807) is 19.1 Å². The smallest absolute Gasteiger partial charge is 0.171 e. The van der Waals surface area contributed by atoms with E-state index in [0.29, 0.717) is 15.6 Å². The number of nitriles is 1. The van der Waals surface area contributed by atoms with Crippen LogP contribution in [0.4, 0.5) is 0 Å². The molecule has 5 heteroatoms. The summed E-state index contributed by atoms with van der Waals surface area (Å²) in [5.74, 6) is -0.0724. The normalized spacial score (nSPS) is 10.1. The summed E-state index contributed by atoms with van der Waals surface area (Å²) in [5.41, 5.74) is 1.61. The van der Waals surface area contributed by atoms with E-state index in [-0.39, 0.29) is 17.1 Å². The van der Waals surface area contributed by atoms with Gasteiger partial charge < -0.3 is 5.11 Å². The number of aromatic nitrogens is 1. The van der Waals surface area contributed by atoms with Gasteiger partial charge in [-0.1, -0.05) is 0 Å². The first-order valence-corrected chi connectivity index (χ1v) is 6.06. The van der Waals surface area contributed by atoms with Crippen LogP contribution >= 0.6 is 11.3 Å². The standard InChI is InChI=1S/C13H10N2O2S/c1-7-12(8(2)16)18-13(15-7)9-3-4-11(17)10(5-9)6-14/h3-5,17H,1-2H3. The summed E-state index contributed by atoms with van der Waals surface area (Å²) in [5, 5.41) is 19.0. The lowest BCUT2D eigenvalue weighted by atomic mass is 10.1. The lowest BCUT2D eigenvalue weighted by molar-refractivity contribution is 0.102. The molecule has 1 N–H and O–H groups in total. The van der Waals surface area contributed by atoms with Crippen LogP contribution in [0.25, 0.3) is 10.6 Å². The molecule has 1 heterocycles. The summed E-state index contributed by atoms with van der Waals surface area (Å²) in [7, 11) is 0. The van der Waals surface area contributed by atoms with Gasteiger partial charge in [-0.15, -0.1) is 11.3 Å². The van der Waals surface area contributed by atoms with Crippen molar-refractivity contribution in [3.8, 4) is 22.4 Å². The minimum atomic E-state index is -0.0543. The van der Waals surface area contributed by atoms with Crippen LogP contribution in [0.5, 0.6) is 5.75 Å². The first kappa shape index (κ1) is 12.3. The molecule has 90 valence electrons. The predicted molar refractivity (Wildman–Crippen MR) is 68.7 cm³/mol. The van der Waals surface area contributed by atoms with Gasteiger partial charge in [0.25, 0.3) is 0 Å². The average molecular weight is 258 g/mol. The lowest BCUT2D eigenvalue weighted by Crippen LogP contribution is -1.89. The number of ketones is 1. The largest absolute Gasteiger partial charge is 0.507 e. The number of benzene rings is 1. The SMILES string of the molecule is CC(=O)c1sc(-c2ccc(O)c(C#N)c2)nc1C. The van der Waals surface area contributed by atoms with Crippen molar-refractivity contribution in [2.75, 3.05) is 0 Å². The average Bonchev–Trinajstić information content (AvgIpc) is 2.72. The van der Waals surface area contributed by atoms with E-state index in [0.717, 1.165) is 5.56 Å². The van der Waals surface area contributed by atoms with E-state index in [4.69, 9.17) is 5.26 Å². The minimum absolute atomic E-state index is 0.0180. The molecule has 0 saturated carbocycles. The van der Waals surface area contributed by atoms with Crippen molar-refractivity contribution in [1.29, 1.82) is 5.26 Å². The second-order valence-electron chi connectivity index (χ2n) is 3.83. The molecule has 0 unspecified atom stereocenters. The van der Waals surface area contributed by atoms with Crippen molar-refractivity contribution in [2.24, 2.45) is 0 Å². The number of thiazole rings is 1. The van der Waals surface area contributed by atoms with Crippen LogP contribution in [-0.4, -0.2) is 15.9 Å². The maximum atomic E-state index is 11.4. The molecule has 0 fully saturated rings. The van der Waals surface area contributed by atoms with E-state index >= 15 is 0 Å². The zero-order valence-electron chi connectivity index (χ0n) is 9.89. The number of carbonyl (C=O) groups excluding carboxylic acids is 1. The van der Waals surface area contributed by atoms with Crippen LogP contribution in [-0.2, 0) is 0 Å². The van der Waals surface area contributed by atoms with Gasteiger partial charge >= 0.3 is 0 Å². The zero-order valence-corrected chi connectivity index (χ0v) is 10.7. The van der Waals surface area contributed by atoms with Gasteiger partial charge in [0.05, 0.1) is 16.1 Å². The van der Waals surface area contributed by atoms with Crippen molar-refractivity contribution >= 4 is 17.1 Å². The highest BCUT2D eigenvalue weighted by atomic mass is 32.1. The van der Waals surface area contributed by atoms with Gasteiger partial charge in [-0.05, 0) is 25.1 Å². The van der Waals surface area contributed by atoms with E-state index in [9.17, 15) is 9.90 Å². The van der Waals surface area contributed by atoms with Crippen LogP contribution in [0, 0.1) is 18.3 Å². The highest BCUT2D eigenvalue weighted by molar-refractivity contribution is 7.17. The Bertz CT molecular complexity index is 668. The fourth-order valence-corrected chi connectivity index (χ4v) is 2.56. The molecule has 4 nitrogen and oxygen atoms in total. The molecule has 0 saturated heterocycles. The number of rotatable bonds is 2. The Morgan fingerprint density at radius 3 is 2.78 bits per heavy atom. The molecule has 0 radical (unpaired) electrons. The maximum absolute atomic E-state index is 11.4. The van der Waals surface area contributed by atoms with Crippen LogP contribution in [0.15, 0.2) is 18.2 Å². The molecular formula is C13H10N2O2S. The molecule has 1 aromatic carbocycles. The molecule has 0 spiro atoms. The molecule has 2 aromatic rings. The van der Waals surface area contributed by atoms with Crippen LogP contribution < -0.4 is 0 Å². The van der Waals surface area contributed by atoms with Crippen molar-refractivity contribution in [3.63, 3.8) is 0 Å². The molecule has 0 aliphatic carbocycles.